The van der Waals surface area contributed by atoms with Gasteiger partial charge in [-0.25, -0.2) is 4.98 Å². The molecule has 3 rings (SSSR count). The van der Waals surface area contributed by atoms with Gasteiger partial charge in [0.1, 0.15) is 5.82 Å². The van der Waals surface area contributed by atoms with Crippen molar-refractivity contribution >= 4 is 11.7 Å². The average Bonchev–Trinajstić information content (AvgIpc) is 2.67. The Kier molecular flexibility index (Phi) is 6.09. The molecule has 2 aromatic heterocycles. The molecule has 0 unspecified atom stereocenters. The topological polar surface area (TPSA) is 66.9 Å². The van der Waals surface area contributed by atoms with Gasteiger partial charge in [-0.2, -0.15) is 0 Å². The van der Waals surface area contributed by atoms with E-state index in [4.69, 9.17) is 0 Å². The smallest absolute Gasteiger partial charge is 0.255 e. The van der Waals surface area contributed by atoms with E-state index < -0.39 is 0 Å². The van der Waals surface area contributed by atoms with Gasteiger partial charge in [0.05, 0.1) is 5.56 Å². The minimum Gasteiger partial charge on any atom is -0.365 e. The highest BCUT2D eigenvalue weighted by Gasteiger charge is 2.30. The molecule has 144 valence electrons. The fourth-order valence-electron chi connectivity index (χ4n) is 3.78. The number of nitrogens with zero attached hydrogens (tertiary/aromatic N) is 2. The summed E-state index contributed by atoms with van der Waals surface area (Å²) in [7, 11) is 0. The van der Waals surface area contributed by atoms with Gasteiger partial charge in [0.25, 0.3) is 5.91 Å². The molecule has 2 aromatic rings. The van der Waals surface area contributed by atoms with Crippen LogP contribution in [0.3, 0.4) is 0 Å². The molecule has 2 N–H and O–H groups in total. The average molecular weight is 367 g/mol. The molecular weight excluding hydrogens is 336 g/mol. The number of pyridine rings is 2. The largest absolute Gasteiger partial charge is 0.365 e. The molecule has 2 heterocycles. The maximum Gasteiger partial charge on any atom is 0.255 e. The third kappa shape index (κ3) is 5.28. The zero-order valence-corrected chi connectivity index (χ0v) is 16.5. The van der Waals surface area contributed by atoms with E-state index in [2.05, 4.69) is 41.4 Å². The van der Waals surface area contributed by atoms with E-state index >= 15 is 0 Å². The molecule has 27 heavy (non-hydrogen) atoms. The second kappa shape index (κ2) is 8.51. The standard InChI is InChI=1S/C22H30N4O/c1-22(2,3)17-6-8-18(9-7-17)26-21(27)19-5-4-12-24-20(19)25-15-16-10-13-23-14-11-16/h4-5,10-14,17-18H,6-9,15H2,1-3H3,(H,24,25)(H,26,27)/t17-,18-. The van der Waals surface area contributed by atoms with E-state index in [1.807, 2.05) is 24.3 Å². The number of anilines is 1. The van der Waals surface area contributed by atoms with Crippen LogP contribution in [0, 0.1) is 11.3 Å². The van der Waals surface area contributed by atoms with Gasteiger partial charge >= 0.3 is 0 Å². The number of aromatic nitrogens is 2. The van der Waals surface area contributed by atoms with Crippen LogP contribution in [0.1, 0.15) is 62.4 Å². The number of amides is 1. The second-order valence-electron chi connectivity index (χ2n) is 8.50. The number of rotatable bonds is 5. The second-order valence-corrected chi connectivity index (χ2v) is 8.50. The molecule has 0 atom stereocenters. The normalized spacial score (nSPS) is 20.1. The third-order valence-electron chi connectivity index (χ3n) is 5.55. The van der Waals surface area contributed by atoms with Crippen molar-refractivity contribution in [1.82, 2.24) is 15.3 Å². The van der Waals surface area contributed by atoms with Crippen LogP contribution >= 0.6 is 0 Å². The fraction of sp³-hybridized carbons (Fsp3) is 0.500. The van der Waals surface area contributed by atoms with Crippen LogP contribution in [-0.2, 0) is 6.54 Å². The summed E-state index contributed by atoms with van der Waals surface area (Å²) in [6, 6.07) is 7.79. The molecule has 0 saturated heterocycles. The minimum absolute atomic E-state index is 0.0421. The Morgan fingerprint density at radius 1 is 1.07 bits per heavy atom. The molecule has 1 aliphatic carbocycles. The maximum atomic E-state index is 12.8. The Morgan fingerprint density at radius 3 is 2.44 bits per heavy atom. The number of hydrogen-bond acceptors (Lipinski definition) is 4. The van der Waals surface area contributed by atoms with Gasteiger partial charge < -0.3 is 10.6 Å². The predicted octanol–water partition coefficient (Wildman–Crippen LogP) is 4.42. The first-order valence-corrected chi connectivity index (χ1v) is 9.82. The van der Waals surface area contributed by atoms with E-state index in [9.17, 15) is 4.79 Å². The molecule has 0 spiro atoms. The number of carbonyl (C=O) groups is 1. The van der Waals surface area contributed by atoms with E-state index in [1.54, 1.807) is 18.6 Å². The molecule has 1 saturated carbocycles. The van der Waals surface area contributed by atoms with Gasteiger partial charge in [0.2, 0.25) is 0 Å². The van der Waals surface area contributed by atoms with Crippen LogP contribution < -0.4 is 10.6 Å². The van der Waals surface area contributed by atoms with Crippen LogP contribution in [0.2, 0.25) is 0 Å². The van der Waals surface area contributed by atoms with Crippen molar-refractivity contribution < 1.29 is 4.79 Å². The van der Waals surface area contributed by atoms with Gasteiger partial charge in [-0.1, -0.05) is 20.8 Å². The van der Waals surface area contributed by atoms with E-state index in [0.717, 1.165) is 24.3 Å². The predicted molar refractivity (Wildman–Crippen MR) is 108 cm³/mol. The summed E-state index contributed by atoms with van der Waals surface area (Å²) >= 11 is 0. The molecular formula is C22H30N4O. The summed E-state index contributed by atoms with van der Waals surface area (Å²) in [6.45, 7) is 7.55. The third-order valence-corrected chi connectivity index (χ3v) is 5.55. The molecule has 1 fully saturated rings. The lowest BCUT2D eigenvalue weighted by Gasteiger charge is -2.37. The van der Waals surface area contributed by atoms with E-state index in [1.165, 1.54) is 12.8 Å². The molecule has 0 aliphatic heterocycles. The monoisotopic (exact) mass is 366 g/mol. The quantitative estimate of drug-likeness (QED) is 0.822. The Bertz CT molecular complexity index is 746. The highest BCUT2D eigenvalue weighted by molar-refractivity contribution is 5.98. The van der Waals surface area contributed by atoms with Crippen molar-refractivity contribution in [3.8, 4) is 0 Å². The number of nitrogens with one attached hydrogen (secondary N) is 2. The lowest BCUT2D eigenvalue weighted by Crippen LogP contribution is -2.39. The highest BCUT2D eigenvalue weighted by atomic mass is 16.1. The highest BCUT2D eigenvalue weighted by Crippen LogP contribution is 2.37. The Labute approximate surface area is 162 Å². The first-order chi connectivity index (χ1) is 12.9. The first kappa shape index (κ1) is 19.3. The van der Waals surface area contributed by atoms with E-state index in [0.29, 0.717) is 23.3 Å². The van der Waals surface area contributed by atoms with Crippen molar-refractivity contribution in [1.29, 1.82) is 0 Å². The van der Waals surface area contributed by atoms with Crippen molar-refractivity contribution in [2.24, 2.45) is 11.3 Å². The SMILES string of the molecule is CC(C)(C)[C@H]1CC[C@H](NC(=O)c2cccnc2NCc2ccncc2)CC1. The molecule has 0 aromatic carbocycles. The van der Waals surface area contributed by atoms with Crippen LogP contribution in [-0.4, -0.2) is 21.9 Å². The summed E-state index contributed by atoms with van der Waals surface area (Å²) in [5.74, 6) is 1.32. The molecule has 1 amide bonds. The van der Waals surface area contributed by atoms with Crippen LogP contribution in [0.15, 0.2) is 42.9 Å². The Balaban J connectivity index is 1.59. The van der Waals surface area contributed by atoms with Crippen molar-refractivity contribution in [3.63, 3.8) is 0 Å². The van der Waals surface area contributed by atoms with Gasteiger partial charge in [-0.15, -0.1) is 0 Å². The fourth-order valence-corrected chi connectivity index (χ4v) is 3.78. The molecule has 0 radical (unpaired) electrons. The summed E-state index contributed by atoms with van der Waals surface area (Å²) in [6.07, 6.45) is 9.68. The van der Waals surface area contributed by atoms with Crippen LogP contribution in [0.25, 0.3) is 0 Å². The lowest BCUT2D eigenvalue weighted by molar-refractivity contribution is 0.0904. The van der Waals surface area contributed by atoms with Gasteiger partial charge in [-0.05, 0) is 66.8 Å². The van der Waals surface area contributed by atoms with Crippen molar-refractivity contribution in [2.45, 2.75) is 59.0 Å². The van der Waals surface area contributed by atoms with Gasteiger partial charge in [0.15, 0.2) is 0 Å². The van der Waals surface area contributed by atoms with Crippen molar-refractivity contribution in [2.75, 3.05) is 5.32 Å². The van der Waals surface area contributed by atoms with Crippen LogP contribution in [0.5, 0.6) is 0 Å². The summed E-state index contributed by atoms with van der Waals surface area (Å²) < 4.78 is 0. The van der Waals surface area contributed by atoms with Crippen LogP contribution in [0.4, 0.5) is 5.82 Å². The molecule has 5 nitrogen and oxygen atoms in total. The molecule has 0 bridgehead atoms. The number of hydrogen-bond donors (Lipinski definition) is 2. The number of carbonyl (C=O) groups excluding carboxylic acids is 1. The summed E-state index contributed by atoms with van der Waals surface area (Å²) in [5.41, 5.74) is 2.05. The van der Waals surface area contributed by atoms with Crippen molar-refractivity contribution in [3.05, 3.63) is 54.0 Å². The van der Waals surface area contributed by atoms with Gasteiger partial charge in [0, 0.05) is 31.2 Å². The molecule has 5 heteroatoms. The zero-order chi connectivity index (χ0) is 19.3. The minimum atomic E-state index is -0.0421. The Hall–Kier alpha value is -2.43. The van der Waals surface area contributed by atoms with Gasteiger partial charge in [-0.3, -0.25) is 9.78 Å². The van der Waals surface area contributed by atoms with E-state index in [-0.39, 0.29) is 11.9 Å². The summed E-state index contributed by atoms with van der Waals surface area (Å²) in [4.78, 5) is 21.2. The maximum absolute atomic E-state index is 12.8. The first-order valence-electron chi connectivity index (χ1n) is 9.82. The summed E-state index contributed by atoms with van der Waals surface area (Å²) in [5, 5.41) is 6.49. The zero-order valence-electron chi connectivity index (χ0n) is 16.5. The molecule has 1 aliphatic rings. The lowest BCUT2D eigenvalue weighted by atomic mass is 9.71. The Morgan fingerprint density at radius 2 is 1.78 bits per heavy atom.